The first-order valence-corrected chi connectivity index (χ1v) is 14.2. The lowest BCUT2D eigenvalue weighted by Crippen LogP contribution is -2.43. The second-order valence-corrected chi connectivity index (χ2v) is 11.2. The highest BCUT2D eigenvalue weighted by molar-refractivity contribution is 7.44. The average molecular weight is 480 g/mol. The van der Waals surface area contributed by atoms with E-state index in [0.29, 0.717) is 11.0 Å². The number of ether oxygens (including phenoxy) is 1. The third kappa shape index (κ3) is 20.2. The summed E-state index contributed by atoms with van der Waals surface area (Å²) >= 11 is 0. The van der Waals surface area contributed by atoms with Crippen molar-refractivity contribution < 1.29 is 32.9 Å². The molecule has 0 heterocycles. The van der Waals surface area contributed by atoms with Crippen LogP contribution in [0, 0.1) is 5.92 Å². The van der Waals surface area contributed by atoms with Crippen LogP contribution < -0.4 is 4.89 Å². The molecule has 0 spiro atoms. The second-order valence-electron chi connectivity index (χ2n) is 10.1. The van der Waals surface area contributed by atoms with E-state index in [9.17, 15) is 14.3 Å². The Hall–Kier alpha value is -0.460. The van der Waals surface area contributed by atoms with Gasteiger partial charge < -0.3 is 23.5 Å². The van der Waals surface area contributed by atoms with Crippen molar-refractivity contribution in [2.75, 3.05) is 34.3 Å². The highest BCUT2D eigenvalue weighted by Crippen LogP contribution is 2.33. The molecule has 0 aliphatic rings. The number of phosphoric acid groups is 1. The van der Waals surface area contributed by atoms with Gasteiger partial charge in [0.1, 0.15) is 12.6 Å². The topological polar surface area (TPSA) is 95.9 Å². The molecular formula is C24H50NO6P. The van der Waals surface area contributed by atoms with Crippen LogP contribution in [0.3, 0.4) is 0 Å². The summed E-state index contributed by atoms with van der Waals surface area (Å²) in [6, 6.07) is 0. The molecule has 0 saturated heterocycles. The highest BCUT2D eigenvalue weighted by atomic mass is 31.2. The third-order valence-electron chi connectivity index (χ3n) is 5.59. The van der Waals surface area contributed by atoms with Crippen LogP contribution in [0.5, 0.6) is 0 Å². The van der Waals surface area contributed by atoms with E-state index >= 15 is 0 Å². The van der Waals surface area contributed by atoms with Crippen molar-refractivity contribution in [2.24, 2.45) is 5.92 Å². The van der Waals surface area contributed by atoms with Crippen molar-refractivity contribution in [1.29, 1.82) is 0 Å². The second kappa shape index (κ2) is 17.9. The first kappa shape index (κ1) is 31.5. The molecule has 0 aromatic carbocycles. The van der Waals surface area contributed by atoms with Crippen LogP contribution in [0.2, 0.25) is 0 Å². The molecule has 7 nitrogen and oxygen atoms in total. The van der Waals surface area contributed by atoms with Crippen molar-refractivity contribution in [3.8, 4) is 0 Å². The minimum atomic E-state index is -4.84. The van der Waals surface area contributed by atoms with Crippen molar-refractivity contribution in [1.82, 2.24) is 0 Å². The first-order valence-electron chi connectivity index (χ1n) is 12.7. The van der Waals surface area contributed by atoms with E-state index in [1.165, 1.54) is 51.4 Å². The number of hydrogen-bond acceptors (Lipinski definition) is 5. The molecule has 192 valence electrons. The molecule has 1 N–H and O–H groups in total. The molecule has 0 saturated carbocycles. The fraction of sp³-hybridized carbons (Fsp3) is 0.958. The number of carbonyl (C=O) groups is 1. The van der Waals surface area contributed by atoms with Gasteiger partial charge in [-0.1, -0.05) is 84.5 Å². The zero-order valence-electron chi connectivity index (χ0n) is 21.4. The number of esters is 1. The Balaban J connectivity index is 4.22. The van der Waals surface area contributed by atoms with Crippen LogP contribution in [-0.2, 0) is 18.6 Å². The lowest BCUT2D eigenvalue weighted by Gasteiger charge is -2.31. The maximum atomic E-state index is 12.5. The highest BCUT2D eigenvalue weighted by Gasteiger charge is 2.24. The first-order chi connectivity index (χ1) is 15.0. The molecule has 0 fully saturated rings. The largest absolute Gasteiger partial charge is 0.756 e. The molecule has 0 aromatic rings. The number of phosphoric ester groups is 1. The smallest absolute Gasteiger partial charge is 0.308 e. The van der Waals surface area contributed by atoms with E-state index in [1.54, 1.807) is 0 Å². The molecule has 0 radical (unpaired) electrons. The summed E-state index contributed by atoms with van der Waals surface area (Å²) in [6.07, 6.45) is 14.7. The number of nitrogens with zero attached hydrogens (tertiary/aromatic N) is 1. The fourth-order valence-electron chi connectivity index (χ4n) is 3.99. The van der Waals surface area contributed by atoms with Crippen LogP contribution in [0.4, 0.5) is 0 Å². The predicted octanol–water partition coefficient (Wildman–Crippen LogP) is 5.20. The average Bonchev–Trinajstić information content (AvgIpc) is 2.65. The Morgan fingerprint density at radius 3 is 1.88 bits per heavy atom. The number of likely N-dealkylation sites (N-methyl/N-ethyl adjacent to an activating group) is 1. The van der Waals surface area contributed by atoms with Crippen LogP contribution >= 0.6 is 7.82 Å². The summed E-state index contributed by atoms with van der Waals surface area (Å²) in [5.74, 6) is -0.309. The van der Waals surface area contributed by atoms with Gasteiger partial charge in [-0.2, -0.15) is 0 Å². The van der Waals surface area contributed by atoms with Crippen molar-refractivity contribution in [3.05, 3.63) is 0 Å². The number of unbranched alkanes of at least 4 members (excludes halogenated alkanes) is 9. The molecule has 0 aliphatic carbocycles. The van der Waals surface area contributed by atoms with Gasteiger partial charge >= 0.3 is 5.97 Å². The molecule has 0 amide bonds. The van der Waals surface area contributed by atoms with Crippen molar-refractivity contribution in [3.63, 3.8) is 0 Å². The molecule has 3 atom stereocenters. The van der Waals surface area contributed by atoms with E-state index in [4.69, 9.17) is 14.2 Å². The molecule has 32 heavy (non-hydrogen) atoms. The molecule has 8 heteroatoms. The van der Waals surface area contributed by atoms with Gasteiger partial charge in [-0.3, -0.25) is 9.36 Å². The number of quaternary nitrogens is 1. The fourth-order valence-corrected chi connectivity index (χ4v) is 4.54. The Bertz CT molecular complexity index is 517. The van der Waals surface area contributed by atoms with E-state index in [0.717, 1.165) is 32.1 Å². The standard InChI is InChI=1S/C24H50NO6P/c1-6-8-9-10-11-12-13-14-15-16-18-22(17-7-2)24(26)30-20-19-23(21-25(3,4)5)31-32(27,28)29/h22-23H,6-21H2,1-5H3,(H-,27,28,29). The summed E-state index contributed by atoms with van der Waals surface area (Å²) in [5, 5.41) is 0. The maximum absolute atomic E-state index is 12.5. The third-order valence-corrected chi connectivity index (χ3v) is 6.16. The van der Waals surface area contributed by atoms with Gasteiger partial charge in [0, 0.05) is 6.42 Å². The minimum absolute atomic E-state index is 0.0851. The van der Waals surface area contributed by atoms with E-state index in [2.05, 4.69) is 13.8 Å². The minimum Gasteiger partial charge on any atom is -0.756 e. The Morgan fingerprint density at radius 2 is 1.41 bits per heavy atom. The van der Waals surface area contributed by atoms with Gasteiger partial charge in [-0.25, -0.2) is 0 Å². The number of hydrogen-bond donors (Lipinski definition) is 1. The Kier molecular flexibility index (Phi) is 17.7. The lowest BCUT2D eigenvalue weighted by molar-refractivity contribution is -0.873. The van der Waals surface area contributed by atoms with Gasteiger partial charge in [0.2, 0.25) is 0 Å². The zero-order chi connectivity index (χ0) is 24.5. The number of rotatable bonds is 21. The molecule has 3 unspecified atom stereocenters. The zero-order valence-corrected chi connectivity index (χ0v) is 22.2. The van der Waals surface area contributed by atoms with Gasteiger partial charge in [0.15, 0.2) is 0 Å². The maximum Gasteiger partial charge on any atom is 0.308 e. The van der Waals surface area contributed by atoms with E-state index < -0.39 is 13.9 Å². The molecule has 0 aromatic heterocycles. The SMILES string of the molecule is CCCCCCCCCCCCC(CCC)C(=O)OCCC(C[N+](C)(C)C)OP(=O)([O-])O. The summed E-state index contributed by atoms with van der Waals surface area (Å²) in [7, 11) is 0.870. The molecule has 0 rings (SSSR count). The lowest BCUT2D eigenvalue weighted by atomic mass is 9.96. The Morgan fingerprint density at radius 1 is 0.875 bits per heavy atom. The predicted molar refractivity (Wildman–Crippen MR) is 128 cm³/mol. The van der Waals surface area contributed by atoms with Gasteiger partial charge in [0.25, 0.3) is 7.82 Å². The van der Waals surface area contributed by atoms with Gasteiger partial charge in [-0.15, -0.1) is 0 Å². The van der Waals surface area contributed by atoms with Crippen LogP contribution in [0.25, 0.3) is 0 Å². The Labute approximate surface area is 197 Å². The summed E-state index contributed by atoms with van der Waals surface area (Å²) in [5.41, 5.74) is 0. The normalized spacial score (nSPS) is 15.8. The van der Waals surface area contributed by atoms with Gasteiger partial charge in [0.05, 0.1) is 33.7 Å². The van der Waals surface area contributed by atoms with Crippen molar-refractivity contribution >= 4 is 13.8 Å². The van der Waals surface area contributed by atoms with Crippen LogP contribution in [-0.4, -0.2) is 55.7 Å². The van der Waals surface area contributed by atoms with Crippen molar-refractivity contribution in [2.45, 2.75) is 110 Å². The van der Waals surface area contributed by atoms with E-state index in [1.807, 2.05) is 21.1 Å². The molecular weight excluding hydrogens is 429 g/mol. The van der Waals surface area contributed by atoms with E-state index in [-0.39, 0.29) is 24.9 Å². The summed E-state index contributed by atoms with van der Waals surface area (Å²) in [4.78, 5) is 32.7. The summed E-state index contributed by atoms with van der Waals surface area (Å²) < 4.78 is 21.9. The summed E-state index contributed by atoms with van der Waals surface area (Å²) in [6.45, 7) is 4.77. The van der Waals surface area contributed by atoms with Gasteiger partial charge in [-0.05, 0) is 12.8 Å². The van der Waals surface area contributed by atoms with Crippen LogP contribution in [0.1, 0.15) is 104 Å². The molecule has 0 aliphatic heterocycles. The number of carbonyl (C=O) groups excluding carboxylic acids is 1. The quantitative estimate of drug-likeness (QED) is 0.105. The van der Waals surface area contributed by atoms with Crippen LogP contribution in [0.15, 0.2) is 0 Å². The monoisotopic (exact) mass is 479 g/mol. The molecule has 0 bridgehead atoms.